The molecule has 0 fully saturated rings. The first-order valence-electron chi connectivity index (χ1n) is 6.88. The first-order valence-corrected chi connectivity index (χ1v) is 7.26. The van der Waals surface area contributed by atoms with Gasteiger partial charge < -0.3 is 9.73 Å². The van der Waals surface area contributed by atoms with E-state index in [1.807, 2.05) is 25.1 Å². The molecule has 108 valence electrons. The highest BCUT2D eigenvalue weighted by molar-refractivity contribution is 6.30. The van der Waals surface area contributed by atoms with Gasteiger partial charge in [-0.3, -0.25) is 0 Å². The van der Waals surface area contributed by atoms with Gasteiger partial charge in [0.15, 0.2) is 0 Å². The van der Waals surface area contributed by atoms with Gasteiger partial charge in [-0.05, 0) is 37.6 Å². The predicted molar refractivity (Wildman–Crippen MR) is 80.9 cm³/mol. The summed E-state index contributed by atoms with van der Waals surface area (Å²) in [5.41, 5.74) is 1.97. The Morgan fingerprint density at radius 1 is 1.30 bits per heavy atom. The van der Waals surface area contributed by atoms with Crippen molar-refractivity contribution in [2.75, 3.05) is 6.54 Å². The van der Waals surface area contributed by atoms with Crippen LogP contribution in [0.25, 0.3) is 11.5 Å². The Bertz CT molecular complexity index is 566. The maximum Gasteiger partial charge on any atom is 0.248 e. The Morgan fingerprint density at radius 3 is 2.85 bits per heavy atom. The molecule has 0 amide bonds. The summed E-state index contributed by atoms with van der Waals surface area (Å²) in [6.07, 6.45) is 1.76. The molecule has 0 saturated heterocycles. The van der Waals surface area contributed by atoms with Crippen LogP contribution in [0.15, 0.2) is 22.6 Å². The molecule has 0 aliphatic heterocycles. The van der Waals surface area contributed by atoms with E-state index in [4.69, 9.17) is 16.0 Å². The van der Waals surface area contributed by atoms with E-state index in [1.165, 1.54) is 0 Å². The summed E-state index contributed by atoms with van der Waals surface area (Å²) in [6.45, 7) is 7.22. The zero-order valence-electron chi connectivity index (χ0n) is 12.1. The highest BCUT2D eigenvalue weighted by Crippen LogP contribution is 2.25. The quantitative estimate of drug-likeness (QED) is 0.826. The van der Waals surface area contributed by atoms with E-state index in [0.717, 1.165) is 30.5 Å². The lowest BCUT2D eigenvalue weighted by Gasteiger charge is -2.05. The zero-order valence-corrected chi connectivity index (χ0v) is 12.9. The van der Waals surface area contributed by atoms with E-state index in [0.29, 0.717) is 22.8 Å². The summed E-state index contributed by atoms with van der Waals surface area (Å²) in [5.74, 6) is 1.21. The van der Waals surface area contributed by atoms with Crippen LogP contribution in [-0.2, 0) is 6.42 Å². The van der Waals surface area contributed by atoms with E-state index < -0.39 is 0 Å². The van der Waals surface area contributed by atoms with Crippen LogP contribution in [-0.4, -0.2) is 22.8 Å². The smallest absolute Gasteiger partial charge is 0.248 e. The van der Waals surface area contributed by atoms with Gasteiger partial charge in [0.2, 0.25) is 11.8 Å². The minimum Gasteiger partial charge on any atom is -0.421 e. The molecule has 1 aromatic heterocycles. The van der Waals surface area contributed by atoms with Crippen molar-refractivity contribution in [2.24, 2.45) is 0 Å². The molecule has 0 aliphatic carbocycles. The van der Waals surface area contributed by atoms with Crippen molar-refractivity contribution in [3.63, 3.8) is 0 Å². The van der Waals surface area contributed by atoms with Crippen molar-refractivity contribution in [2.45, 2.75) is 39.7 Å². The third-order valence-corrected chi connectivity index (χ3v) is 3.25. The van der Waals surface area contributed by atoms with Crippen LogP contribution in [0.1, 0.15) is 31.7 Å². The number of benzene rings is 1. The molecule has 0 spiro atoms. The number of hydrogen-bond acceptors (Lipinski definition) is 4. The molecule has 1 heterocycles. The Kier molecular flexibility index (Phi) is 5.15. The SMILES string of the molecule is Cc1ccc(Cl)cc1-c1nnc(CCCNC(C)C)o1. The van der Waals surface area contributed by atoms with Gasteiger partial charge >= 0.3 is 0 Å². The van der Waals surface area contributed by atoms with Crippen molar-refractivity contribution in [1.29, 1.82) is 0 Å². The Labute approximate surface area is 124 Å². The second kappa shape index (κ2) is 6.86. The second-order valence-corrected chi connectivity index (χ2v) is 5.61. The Balaban J connectivity index is 2.00. The van der Waals surface area contributed by atoms with Gasteiger partial charge in [-0.1, -0.05) is 31.5 Å². The molecule has 20 heavy (non-hydrogen) atoms. The number of aromatic nitrogens is 2. The average molecular weight is 294 g/mol. The fourth-order valence-corrected chi connectivity index (χ4v) is 2.09. The van der Waals surface area contributed by atoms with Crippen molar-refractivity contribution < 1.29 is 4.42 Å². The molecule has 2 rings (SSSR count). The van der Waals surface area contributed by atoms with E-state index >= 15 is 0 Å². The highest BCUT2D eigenvalue weighted by atomic mass is 35.5. The lowest BCUT2D eigenvalue weighted by Crippen LogP contribution is -2.23. The van der Waals surface area contributed by atoms with Crippen molar-refractivity contribution in [3.05, 3.63) is 34.7 Å². The van der Waals surface area contributed by atoms with Gasteiger partial charge in [-0.25, -0.2) is 0 Å². The summed E-state index contributed by atoms with van der Waals surface area (Å²) in [4.78, 5) is 0. The van der Waals surface area contributed by atoms with Crippen molar-refractivity contribution >= 4 is 11.6 Å². The lowest BCUT2D eigenvalue weighted by molar-refractivity contribution is 0.484. The highest BCUT2D eigenvalue weighted by Gasteiger charge is 2.11. The van der Waals surface area contributed by atoms with Crippen molar-refractivity contribution in [1.82, 2.24) is 15.5 Å². The van der Waals surface area contributed by atoms with Crippen LogP contribution in [0.5, 0.6) is 0 Å². The van der Waals surface area contributed by atoms with Gasteiger partial charge in [0.25, 0.3) is 0 Å². The molecule has 0 atom stereocenters. The lowest BCUT2D eigenvalue weighted by atomic mass is 10.1. The number of halogens is 1. The maximum atomic E-state index is 6.01. The standard InChI is InChI=1S/C15H20ClN3O/c1-10(2)17-8-4-5-14-18-19-15(20-14)13-9-12(16)7-6-11(13)3/h6-7,9-10,17H,4-5,8H2,1-3H3. The van der Waals surface area contributed by atoms with Gasteiger partial charge in [0.05, 0.1) is 0 Å². The van der Waals surface area contributed by atoms with E-state index in [-0.39, 0.29) is 0 Å². The number of hydrogen-bond donors (Lipinski definition) is 1. The first-order chi connectivity index (χ1) is 9.56. The predicted octanol–water partition coefficient (Wildman–Crippen LogP) is 3.63. The number of nitrogens with zero attached hydrogens (tertiary/aromatic N) is 2. The fourth-order valence-electron chi connectivity index (χ4n) is 1.92. The number of aryl methyl sites for hydroxylation is 2. The van der Waals surface area contributed by atoms with Gasteiger partial charge in [-0.15, -0.1) is 10.2 Å². The molecule has 0 saturated carbocycles. The number of rotatable bonds is 6. The minimum atomic E-state index is 0.502. The minimum absolute atomic E-state index is 0.502. The second-order valence-electron chi connectivity index (χ2n) is 5.17. The van der Waals surface area contributed by atoms with Crippen LogP contribution in [0.3, 0.4) is 0 Å². The summed E-state index contributed by atoms with van der Waals surface area (Å²) >= 11 is 6.01. The van der Waals surface area contributed by atoms with Crippen LogP contribution < -0.4 is 5.32 Å². The molecule has 1 aromatic carbocycles. The van der Waals surface area contributed by atoms with E-state index in [2.05, 4.69) is 29.4 Å². The van der Waals surface area contributed by atoms with Gasteiger partial charge in [-0.2, -0.15) is 0 Å². The molecule has 5 heteroatoms. The van der Waals surface area contributed by atoms with Gasteiger partial charge in [0.1, 0.15) is 0 Å². The molecule has 2 aromatic rings. The molecule has 0 aliphatic rings. The third-order valence-electron chi connectivity index (χ3n) is 3.02. The number of nitrogens with one attached hydrogen (secondary N) is 1. The normalized spacial score (nSPS) is 11.2. The molecule has 4 nitrogen and oxygen atoms in total. The van der Waals surface area contributed by atoms with Crippen LogP contribution in [0.4, 0.5) is 0 Å². The molecule has 0 unspecified atom stereocenters. The average Bonchev–Trinajstić information content (AvgIpc) is 2.86. The zero-order chi connectivity index (χ0) is 14.5. The largest absolute Gasteiger partial charge is 0.421 e. The van der Waals surface area contributed by atoms with Crippen LogP contribution in [0.2, 0.25) is 5.02 Å². The Hall–Kier alpha value is -1.39. The fraction of sp³-hybridized carbons (Fsp3) is 0.467. The van der Waals surface area contributed by atoms with E-state index in [9.17, 15) is 0 Å². The summed E-state index contributed by atoms with van der Waals surface area (Å²) in [7, 11) is 0. The van der Waals surface area contributed by atoms with Crippen LogP contribution >= 0.6 is 11.6 Å². The summed E-state index contributed by atoms with van der Waals surface area (Å²) < 4.78 is 5.70. The topological polar surface area (TPSA) is 51.0 Å². The molecular weight excluding hydrogens is 274 g/mol. The molecular formula is C15H20ClN3O. The monoisotopic (exact) mass is 293 g/mol. The Morgan fingerprint density at radius 2 is 2.10 bits per heavy atom. The van der Waals surface area contributed by atoms with Crippen LogP contribution in [0, 0.1) is 6.92 Å². The molecule has 0 radical (unpaired) electrons. The molecule has 1 N–H and O–H groups in total. The summed E-state index contributed by atoms with van der Waals surface area (Å²) in [6, 6.07) is 6.17. The maximum absolute atomic E-state index is 6.01. The molecule has 0 bridgehead atoms. The summed E-state index contributed by atoms with van der Waals surface area (Å²) in [5, 5.41) is 12.2. The first kappa shape index (κ1) is 15.0. The van der Waals surface area contributed by atoms with Gasteiger partial charge in [0, 0.05) is 23.0 Å². The van der Waals surface area contributed by atoms with Crippen molar-refractivity contribution in [3.8, 4) is 11.5 Å². The van der Waals surface area contributed by atoms with E-state index in [1.54, 1.807) is 0 Å². The third kappa shape index (κ3) is 4.05.